The molecule has 21 heavy (non-hydrogen) atoms. The van der Waals surface area contributed by atoms with Gasteiger partial charge in [0.1, 0.15) is 5.01 Å². The van der Waals surface area contributed by atoms with Crippen molar-refractivity contribution in [3.63, 3.8) is 0 Å². The highest BCUT2D eigenvalue weighted by Crippen LogP contribution is 2.43. The monoisotopic (exact) mass is 306 g/mol. The van der Waals surface area contributed by atoms with E-state index in [4.69, 9.17) is 9.72 Å². The maximum absolute atomic E-state index is 5.58. The molecule has 0 saturated heterocycles. The Hall–Kier alpha value is -0.450. The molecule has 2 fully saturated rings. The van der Waals surface area contributed by atoms with Gasteiger partial charge in [0, 0.05) is 18.0 Å². The Balaban J connectivity index is 1.61. The fourth-order valence-electron chi connectivity index (χ4n) is 3.91. The van der Waals surface area contributed by atoms with Crippen molar-refractivity contribution >= 4 is 11.3 Å². The van der Waals surface area contributed by atoms with Crippen LogP contribution < -0.4 is 5.32 Å². The van der Waals surface area contributed by atoms with Gasteiger partial charge < -0.3 is 10.1 Å². The maximum atomic E-state index is 5.58. The van der Waals surface area contributed by atoms with Crippen LogP contribution in [0.3, 0.4) is 0 Å². The smallest absolute Gasteiger partial charge is 0.113 e. The van der Waals surface area contributed by atoms with Crippen LogP contribution in [0.5, 0.6) is 0 Å². The molecule has 1 aromatic heterocycles. The molecule has 116 valence electrons. The van der Waals surface area contributed by atoms with Crippen molar-refractivity contribution in [2.45, 2.75) is 81.9 Å². The van der Waals surface area contributed by atoms with Crippen molar-refractivity contribution in [2.24, 2.45) is 0 Å². The lowest BCUT2D eigenvalue weighted by molar-refractivity contribution is 0.0397. The molecule has 4 rings (SSSR count). The number of nitrogens with zero attached hydrogens (tertiary/aromatic N) is 1. The number of methoxy groups -OCH3 is 1. The number of thiazole rings is 1. The van der Waals surface area contributed by atoms with Crippen molar-refractivity contribution in [3.8, 4) is 0 Å². The highest BCUT2D eigenvalue weighted by atomic mass is 32.1. The number of aromatic nitrogens is 1. The second kappa shape index (κ2) is 5.64. The van der Waals surface area contributed by atoms with E-state index in [-0.39, 0.29) is 5.54 Å². The molecule has 0 aliphatic heterocycles. The van der Waals surface area contributed by atoms with Crippen LogP contribution in [-0.2, 0) is 23.1 Å². The molecule has 3 aliphatic carbocycles. The molecular formula is C17H26N2OS. The van der Waals surface area contributed by atoms with Crippen molar-refractivity contribution in [1.82, 2.24) is 10.3 Å². The Bertz CT molecular complexity index is 477. The van der Waals surface area contributed by atoms with E-state index in [1.165, 1.54) is 74.9 Å². The topological polar surface area (TPSA) is 34.1 Å². The van der Waals surface area contributed by atoms with Gasteiger partial charge in [-0.1, -0.05) is 0 Å². The lowest BCUT2D eigenvalue weighted by Gasteiger charge is -2.39. The summed E-state index contributed by atoms with van der Waals surface area (Å²) in [5.74, 6) is 0. The van der Waals surface area contributed by atoms with Gasteiger partial charge in [0.05, 0.1) is 17.3 Å². The number of fused-ring (bicyclic) bond motifs is 1. The number of hydrogen-bond acceptors (Lipinski definition) is 4. The van der Waals surface area contributed by atoms with E-state index in [1.807, 2.05) is 18.4 Å². The predicted molar refractivity (Wildman–Crippen MR) is 85.9 cm³/mol. The summed E-state index contributed by atoms with van der Waals surface area (Å²) < 4.78 is 5.58. The van der Waals surface area contributed by atoms with E-state index < -0.39 is 0 Å². The van der Waals surface area contributed by atoms with Gasteiger partial charge in [-0.25, -0.2) is 4.98 Å². The molecule has 4 heteroatoms. The number of ether oxygens (including phenoxy) is 1. The number of aryl methyl sites for hydroxylation is 2. The van der Waals surface area contributed by atoms with Gasteiger partial charge >= 0.3 is 0 Å². The zero-order valence-corrected chi connectivity index (χ0v) is 13.8. The second-order valence-electron chi connectivity index (χ2n) is 7.03. The zero-order chi connectivity index (χ0) is 14.3. The summed E-state index contributed by atoms with van der Waals surface area (Å²) in [5.41, 5.74) is 1.56. The third-order valence-electron chi connectivity index (χ3n) is 5.43. The van der Waals surface area contributed by atoms with Crippen molar-refractivity contribution in [2.75, 3.05) is 7.11 Å². The molecule has 0 aromatic carbocycles. The van der Waals surface area contributed by atoms with Gasteiger partial charge in [0.15, 0.2) is 0 Å². The van der Waals surface area contributed by atoms with E-state index in [9.17, 15) is 0 Å². The van der Waals surface area contributed by atoms with Crippen LogP contribution in [0, 0.1) is 0 Å². The van der Waals surface area contributed by atoms with Crippen LogP contribution in [0.15, 0.2) is 0 Å². The Morgan fingerprint density at radius 3 is 2.57 bits per heavy atom. The van der Waals surface area contributed by atoms with Gasteiger partial charge in [-0.15, -0.1) is 11.3 Å². The van der Waals surface area contributed by atoms with E-state index in [0.29, 0.717) is 6.10 Å². The minimum Gasteiger partial charge on any atom is -0.381 e. The first-order valence-electron chi connectivity index (χ1n) is 8.59. The minimum atomic E-state index is 0.151. The lowest BCUT2D eigenvalue weighted by Crippen LogP contribution is -2.47. The van der Waals surface area contributed by atoms with Crippen LogP contribution in [0.2, 0.25) is 0 Å². The van der Waals surface area contributed by atoms with Crippen molar-refractivity contribution in [1.29, 1.82) is 0 Å². The average Bonchev–Trinajstić information content (AvgIpc) is 3.22. The maximum Gasteiger partial charge on any atom is 0.113 e. The van der Waals surface area contributed by atoms with E-state index in [1.54, 1.807) is 4.88 Å². The first-order chi connectivity index (χ1) is 10.3. The van der Waals surface area contributed by atoms with E-state index >= 15 is 0 Å². The summed E-state index contributed by atoms with van der Waals surface area (Å²) >= 11 is 2.00. The van der Waals surface area contributed by atoms with E-state index in [0.717, 1.165) is 6.04 Å². The molecule has 0 radical (unpaired) electrons. The highest BCUT2D eigenvalue weighted by molar-refractivity contribution is 7.11. The van der Waals surface area contributed by atoms with Crippen LogP contribution in [0.1, 0.15) is 66.9 Å². The molecule has 0 atom stereocenters. The Labute approximate surface area is 131 Å². The lowest BCUT2D eigenvalue weighted by atomic mass is 9.80. The van der Waals surface area contributed by atoms with Crippen LogP contribution in [-0.4, -0.2) is 24.2 Å². The Morgan fingerprint density at radius 2 is 1.90 bits per heavy atom. The summed E-state index contributed by atoms with van der Waals surface area (Å²) in [5, 5.41) is 5.35. The van der Waals surface area contributed by atoms with Crippen molar-refractivity contribution in [3.05, 3.63) is 15.6 Å². The summed E-state index contributed by atoms with van der Waals surface area (Å²) in [6, 6.07) is 0.741. The zero-order valence-electron chi connectivity index (χ0n) is 13.0. The molecule has 1 N–H and O–H groups in total. The average molecular weight is 306 g/mol. The summed E-state index contributed by atoms with van der Waals surface area (Å²) in [6.07, 6.45) is 13.0. The molecule has 0 bridgehead atoms. The van der Waals surface area contributed by atoms with Gasteiger partial charge in [-0.05, 0) is 64.2 Å². The highest BCUT2D eigenvalue weighted by Gasteiger charge is 2.43. The van der Waals surface area contributed by atoms with Gasteiger partial charge in [0.25, 0.3) is 0 Å². The molecule has 1 heterocycles. The Kier molecular flexibility index (Phi) is 3.80. The SMILES string of the molecule is COC1CCC(NC2CC2)(c2nc3c(s2)CCCC3)CC1. The molecule has 0 spiro atoms. The minimum absolute atomic E-state index is 0.151. The van der Waals surface area contributed by atoms with Gasteiger partial charge in [-0.2, -0.15) is 0 Å². The number of rotatable bonds is 4. The summed E-state index contributed by atoms with van der Waals surface area (Å²) in [6.45, 7) is 0. The summed E-state index contributed by atoms with van der Waals surface area (Å²) in [7, 11) is 1.86. The van der Waals surface area contributed by atoms with E-state index in [2.05, 4.69) is 5.32 Å². The fourth-order valence-corrected chi connectivity index (χ4v) is 5.27. The van der Waals surface area contributed by atoms with Gasteiger partial charge in [-0.3, -0.25) is 0 Å². The second-order valence-corrected chi connectivity index (χ2v) is 8.12. The predicted octanol–water partition coefficient (Wildman–Crippen LogP) is 3.56. The quantitative estimate of drug-likeness (QED) is 0.923. The van der Waals surface area contributed by atoms with Crippen LogP contribution >= 0.6 is 11.3 Å². The Morgan fingerprint density at radius 1 is 1.14 bits per heavy atom. The first kappa shape index (κ1) is 14.2. The number of nitrogens with one attached hydrogen (secondary N) is 1. The fraction of sp³-hybridized carbons (Fsp3) is 0.824. The summed E-state index contributed by atoms with van der Waals surface area (Å²) in [4.78, 5) is 6.66. The molecule has 3 aliphatic rings. The molecule has 0 amide bonds. The third-order valence-corrected chi connectivity index (χ3v) is 6.79. The van der Waals surface area contributed by atoms with Crippen LogP contribution in [0.25, 0.3) is 0 Å². The number of hydrogen-bond donors (Lipinski definition) is 1. The molecule has 2 saturated carbocycles. The molecular weight excluding hydrogens is 280 g/mol. The van der Waals surface area contributed by atoms with Crippen LogP contribution in [0.4, 0.5) is 0 Å². The molecule has 3 nitrogen and oxygen atoms in total. The molecule has 1 aromatic rings. The van der Waals surface area contributed by atoms with Gasteiger partial charge in [0.2, 0.25) is 0 Å². The molecule has 0 unspecified atom stereocenters. The third kappa shape index (κ3) is 2.78. The standard InChI is InChI=1S/C17H26N2OS/c1-20-13-8-10-17(11-9-13,19-12-6-7-12)16-18-14-4-2-3-5-15(14)21-16/h12-13,19H,2-11H2,1H3. The van der Waals surface area contributed by atoms with Crippen molar-refractivity contribution < 1.29 is 4.74 Å². The normalized spacial score (nSPS) is 32.9. The largest absolute Gasteiger partial charge is 0.381 e. The first-order valence-corrected chi connectivity index (χ1v) is 9.40.